The largest absolute Gasteiger partial charge is 0.459 e. The highest BCUT2D eigenvalue weighted by Crippen LogP contribution is 2.49. The standard InChI is InChI=1S/C18H22N2O3S/c1-13-19-15(10-24-13)9-22-12-18-6-2-4-14(18)8-20(11-18)17(21)16-5-3-7-23-16/h3,5,7,10,14H,2,4,6,8-9,11-12H2,1H3/t14-,18+/m1/s1. The minimum absolute atomic E-state index is 0.00361. The fraction of sp³-hybridized carbons (Fsp3) is 0.556. The lowest BCUT2D eigenvalue weighted by Gasteiger charge is -2.28. The molecule has 128 valence electrons. The second-order valence-electron chi connectivity index (χ2n) is 6.97. The van der Waals surface area contributed by atoms with E-state index < -0.39 is 0 Å². The monoisotopic (exact) mass is 346 g/mol. The lowest BCUT2D eigenvalue weighted by atomic mass is 9.81. The lowest BCUT2D eigenvalue weighted by Crippen LogP contribution is -2.34. The number of ether oxygens (including phenoxy) is 1. The molecule has 0 spiro atoms. The van der Waals surface area contributed by atoms with Gasteiger partial charge in [-0.25, -0.2) is 4.98 Å². The molecule has 6 heteroatoms. The van der Waals surface area contributed by atoms with Crippen molar-refractivity contribution in [1.82, 2.24) is 9.88 Å². The average molecular weight is 346 g/mol. The highest BCUT2D eigenvalue weighted by atomic mass is 32.1. The zero-order valence-corrected chi connectivity index (χ0v) is 14.7. The molecule has 2 atom stereocenters. The Morgan fingerprint density at radius 1 is 1.58 bits per heavy atom. The SMILES string of the molecule is Cc1nc(COC[C@@]23CCC[C@@H]2CN(C(=O)c2ccco2)C3)cs1. The maximum Gasteiger partial charge on any atom is 0.289 e. The Morgan fingerprint density at radius 2 is 2.50 bits per heavy atom. The summed E-state index contributed by atoms with van der Waals surface area (Å²) in [5.41, 5.74) is 1.11. The van der Waals surface area contributed by atoms with Crippen LogP contribution in [0.15, 0.2) is 28.2 Å². The molecule has 3 heterocycles. The number of nitrogens with zero attached hydrogens (tertiary/aromatic N) is 2. The van der Waals surface area contributed by atoms with Crippen LogP contribution in [-0.2, 0) is 11.3 Å². The van der Waals surface area contributed by atoms with E-state index in [0.717, 1.165) is 30.2 Å². The predicted octanol–water partition coefficient (Wildman–Crippen LogP) is 3.50. The molecular formula is C18H22N2O3S. The fourth-order valence-corrected chi connectivity index (χ4v) is 4.79. The van der Waals surface area contributed by atoms with Crippen molar-refractivity contribution in [3.63, 3.8) is 0 Å². The van der Waals surface area contributed by atoms with Crippen LogP contribution in [0.4, 0.5) is 0 Å². The first-order chi connectivity index (χ1) is 11.7. The lowest BCUT2D eigenvalue weighted by molar-refractivity contribution is 0.0251. The van der Waals surface area contributed by atoms with Crippen molar-refractivity contribution in [3.05, 3.63) is 40.2 Å². The summed E-state index contributed by atoms with van der Waals surface area (Å²) in [5.74, 6) is 0.974. The van der Waals surface area contributed by atoms with Crippen LogP contribution < -0.4 is 0 Å². The maximum atomic E-state index is 12.6. The van der Waals surface area contributed by atoms with Gasteiger partial charge in [-0.2, -0.15) is 0 Å². The van der Waals surface area contributed by atoms with Crippen molar-refractivity contribution < 1.29 is 13.9 Å². The van der Waals surface area contributed by atoms with Crippen LogP contribution in [0.2, 0.25) is 0 Å². The first-order valence-corrected chi connectivity index (χ1v) is 9.36. The molecule has 1 aliphatic carbocycles. The molecule has 0 N–H and O–H groups in total. The van der Waals surface area contributed by atoms with Crippen LogP contribution >= 0.6 is 11.3 Å². The van der Waals surface area contributed by atoms with Gasteiger partial charge in [-0.15, -0.1) is 11.3 Å². The van der Waals surface area contributed by atoms with Gasteiger partial charge < -0.3 is 14.1 Å². The molecule has 0 radical (unpaired) electrons. The van der Waals surface area contributed by atoms with E-state index >= 15 is 0 Å². The van der Waals surface area contributed by atoms with Gasteiger partial charge in [-0.1, -0.05) is 6.42 Å². The number of fused-ring (bicyclic) bond motifs is 1. The third-order valence-electron chi connectivity index (χ3n) is 5.37. The normalized spacial score (nSPS) is 26.0. The summed E-state index contributed by atoms with van der Waals surface area (Å²) in [7, 11) is 0. The number of hydrogen-bond acceptors (Lipinski definition) is 5. The van der Waals surface area contributed by atoms with Gasteiger partial charge in [0.1, 0.15) is 0 Å². The number of aryl methyl sites for hydroxylation is 1. The first kappa shape index (κ1) is 15.8. The van der Waals surface area contributed by atoms with Crippen LogP contribution in [0, 0.1) is 18.3 Å². The number of carbonyl (C=O) groups excluding carboxylic acids is 1. The van der Waals surface area contributed by atoms with Gasteiger partial charge in [0.15, 0.2) is 5.76 Å². The van der Waals surface area contributed by atoms with E-state index in [1.807, 2.05) is 11.8 Å². The molecule has 1 saturated carbocycles. The number of aromatic nitrogens is 1. The maximum absolute atomic E-state index is 12.6. The quantitative estimate of drug-likeness (QED) is 0.831. The summed E-state index contributed by atoms with van der Waals surface area (Å²) in [6.07, 6.45) is 5.10. The van der Waals surface area contributed by atoms with Crippen LogP contribution in [0.3, 0.4) is 0 Å². The van der Waals surface area contributed by atoms with E-state index in [1.165, 1.54) is 12.8 Å². The van der Waals surface area contributed by atoms with E-state index in [4.69, 9.17) is 9.15 Å². The summed E-state index contributed by atoms with van der Waals surface area (Å²) in [6, 6.07) is 3.50. The number of carbonyl (C=O) groups is 1. The molecule has 2 fully saturated rings. The van der Waals surface area contributed by atoms with Gasteiger partial charge in [0.05, 0.1) is 30.2 Å². The Morgan fingerprint density at radius 3 is 3.25 bits per heavy atom. The van der Waals surface area contributed by atoms with E-state index in [9.17, 15) is 4.79 Å². The summed E-state index contributed by atoms with van der Waals surface area (Å²) in [6.45, 7) is 4.86. The fourth-order valence-electron chi connectivity index (χ4n) is 4.19. The second-order valence-corrected chi connectivity index (χ2v) is 8.03. The van der Waals surface area contributed by atoms with Gasteiger partial charge >= 0.3 is 0 Å². The van der Waals surface area contributed by atoms with Gasteiger partial charge in [0.25, 0.3) is 5.91 Å². The molecule has 0 aromatic carbocycles. The van der Waals surface area contributed by atoms with E-state index in [2.05, 4.69) is 10.4 Å². The van der Waals surface area contributed by atoms with Crippen molar-refractivity contribution >= 4 is 17.2 Å². The van der Waals surface area contributed by atoms with Gasteiger partial charge in [0.2, 0.25) is 0 Å². The van der Waals surface area contributed by atoms with Crippen LogP contribution in [-0.4, -0.2) is 35.5 Å². The highest BCUT2D eigenvalue weighted by molar-refractivity contribution is 7.09. The van der Waals surface area contributed by atoms with Gasteiger partial charge in [0, 0.05) is 23.9 Å². The molecule has 5 nitrogen and oxygen atoms in total. The Bertz CT molecular complexity index is 712. The van der Waals surface area contributed by atoms with Crippen LogP contribution in [0.1, 0.15) is 40.5 Å². The number of rotatable bonds is 5. The topological polar surface area (TPSA) is 55.6 Å². The molecule has 4 rings (SSSR count). The van der Waals surface area contributed by atoms with Crippen LogP contribution in [0.5, 0.6) is 0 Å². The number of hydrogen-bond donors (Lipinski definition) is 0. The summed E-state index contributed by atoms with van der Waals surface area (Å²) in [4.78, 5) is 19.0. The van der Waals surface area contributed by atoms with Gasteiger partial charge in [-0.3, -0.25) is 4.79 Å². The van der Waals surface area contributed by atoms with Crippen molar-refractivity contribution in [1.29, 1.82) is 0 Å². The average Bonchev–Trinajstić information content (AvgIpc) is 3.29. The van der Waals surface area contributed by atoms with Crippen molar-refractivity contribution in [2.24, 2.45) is 11.3 Å². The first-order valence-electron chi connectivity index (χ1n) is 8.48. The predicted molar refractivity (Wildman–Crippen MR) is 90.9 cm³/mol. The van der Waals surface area contributed by atoms with Gasteiger partial charge in [-0.05, 0) is 37.8 Å². The summed E-state index contributed by atoms with van der Waals surface area (Å²) in [5, 5.41) is 3.13. The number of likely N-dealkylation sites (tertiary alicyclic amines) is 1. The molecule has 1 saturated heterocycles. The van der Waals surface area contributed by atoms with E-state index in [0.29, 0.717) is 24.9 Å². The molecule has 0 unspecified atom stereocenters. The summed E-state index contributed by atoms with van der Waals surface area (Å²) < 4.78 is 11.3. The summed E-state index contributed by atoms with van der Waals surface area (Å²) >= 11 is 1.65. The zero-order chi connectivity index (χ0) is 16.6. The molecule has 1 amide bonds. The smallest absolute Gasteiger partial charge is 0.289 e. The van der Waals surface area contributed by atoms with Crippen molar-refractivity contribution in [2.75, 3.05) is 19.7 Å². The van der Waals surface area contributed by atoms with E-state index in [1.54, 1.807) is 29.7 Å². The number of amides is 1. The minimum atomic E-state index is 0.00361. The molecule has 2 aliphatic rings. The van der Waals surface area contributed by atoms with E-state index in [-0.39, 0.29) is 11.3 Å². The number of thiazole rings is 1. The van der Waals surface area contributed by atoms with Crippen LogP contribution in [0.25, 0.3) is 0 Å². The second kappa shape index (κ2) is 6.33. The Hall–Kier alpha value is -1.66. The minimum Gasteiger partial charge on any atom is -0.459 e. The Balaban J connectivity index is 1.40. The zero-order valence-electron chi connectivity index (χ0n) is 13.9. The molecule has 2 aromatic rings. The molecule has 24 heavy (non-hydrogen) atoms. The number of furan rings is 1. The molecule has 2 aromatic heterocycles. The van der Waals surface area contributed by atoms with Crippen molar-refractivity contribution in [3.8, 4) is 0 Å². The molecule has 1 aliphatic heterocycles. The third-order valence-corrected chi connectivity index (χ3v) is 6.19. The molecule has 0 bridgehead atoms. The Kier molecular flexibility index (Phi) is 4.18. The molecular weight excluding hydrogens is 324 g/mol. The Labute approximate surface area is 145 Å². The third kappa shape index (κ3) is 2.89. The van der Waals surface area contributed by atoms with Crippen molar-refractivity contribution in [2.45, 2.75) is 32.8 Å². The highest BCUT2D eigenvalue weighted by Gasteiger charge is 2.51.